The highest BCUT2D eigenvalue weighted by Crippen LogP contribution is 2.33. The van der Waals surface area contributed by atoms with Crippen molar-refractivity contribution >= 4 is 17.8 Å². The van der Waals surface area contributed by atoms with Crippen LogP contribution in [0.4, 0.5) is 4.79 Å². The van der Waals surface area contributed by atoms with Gasteiger partial charge in [-0.15, -0.1) is 0 Å². The summed E-state index contributed by atoms with van der Waals surface area (Å²) in [5.74, 6) is -0.717. The van der Waals surface area contributed by atoms with Crippen molar-refractivity contribution in [1.82, 2.24) is 20.7 Å². The third-order valence-corrected chi connectivity index (χ3v) is 5.79. The molecule has 1 aromatic rings. The largest absolute Gasteiger partial charge is 0.344 e. The van der Waals surface area contributed by atoms with E-state index in [1.54, 1.807) is 0 Å². The lowest BCUT2D eigenvalue weighted by atomic mass is 9.82. The molecule has 7 heteroatoms. The van der Waals surface area contributed by atoms with E-state index in [1.165, 1.54) is 5.56 Å². The van der Waals surface area contributed by atoms with Crippen LogP contribution in [0.2, 0.25) is 0 Å². The lowest BCUT2D eigenvalue weighted by Crippen LogP contribution is -2.52. The van der Waals surface area contributed by atoms with Gasteiger partial charge in [-0.1, -0.05) is 64.3 Å². The van der Waals surface area contributed by atoms with E-state index in [1.807, 2.05) is 11.9 Å². The molecule has 0 radical (unpaired) electrons. The maximum atomic E-state index is 12.7. The molecule has 1 heterocycles. The van der Waals surface area contributed by atoms with Crippen LogP contribution < -0.4 is 10.7 Å². The second kappa shape index (κ2) is 8.14. The van der Waals surface area contributed by atoms with Crippen molar-refractivity contribution in [2.24, 2.45) is 0 Å². The van der Waals surface area contributed by atoms with Crippen LogP contribution in [0.3, 0.4) is 0 Å². The van der Waals surface area contributed by atoms with Gasteiger partial charge in [-0.25, -0.2) is 4.79 Å². The number of nitrogens with one attached hydrogen (secondary N) is 2. The number of rotatable bonds is 5. The van der Waals surface area contributed by atoms with Gasteiger partial charge in [-0.3, -0.25) is 19.9 Å². The van der Waals surface area contributed by atoms with Gasteiger partial charge in [-0.05, 0) is 36.4 Å². The molecular weight excluding hydrogens is 368 g/mol. The first-order chi connectivity index (χ1) is 13.6. The van der Waals surface area contributed by atoms with Crippen LogP contribution in [-0.2, 0) is 21.5 Å². The molecule has 2 N–H and O–H groups in total. The van der Waals surface area contributed by atoms with Gasteiger partial charge < -0.3 is 5.32 Å². The molecule has 1 saturated heterocycles. The van der Waals surface area contributed by atoms with Crippen LogP contribution in [0.5, 0.6) is 0 Å². The number of likely N-dealkylation sites (N-methyl/N-ethyl adjacent to an activating group) is 1. The Morgan fingerprint density at radius 1 is 1.14 bits per heavy atom. The predicted molar refractivity (Wildman–Crippen MR) is 111 cm³/mol. The molecule has 1 saturated carbocycles. The van der Waals surface area contributed by atoms with Crippen LogP contribution >= 0.6 is 0 Å². The van der Waals surface area contributed by atoms with Crippen molar-refractivity contribution in [3.05, 3.63) is 35.4 Å². The highest BCUT2D eigenvalue weighted by molar-refractivity contribution is 6.08. The van der Waals surface area contributed by atoms with Crippen molar-refractivity contribution in [2.45, 2.75) is 70.4 Å². The van der Waals surface area contributed by atoms with E-state index in [9.17, 15) is 14.4 Å². The first kappa shape index (κ1) is 21.3. The number of carbonyl (C=O) groups excluding carboxylic acids is 3. The molecule has 4 amide bonds. The van der Waals surface area contributed by atoms with Gasteiger partial charge in [0.05, 0.1) is 6.54 Å². The lowest BCUT2D eigenvalue weighted by molar-refractivity contribution is -0.140. The SMILES string of the molecule is CN(CC(=O)NN1C(=O)NC2(CCCCC2)C1=O)Cc1ccc(C(C)(C)C)cc1. The number of imide groups is 1. The first-order valence-electron chi connectivity index (χ1n) is 10.3. The van der Waals surface area contributed by atoms with Gasteiger partial charge in [0.15, 0.2) is 0 Å². The fraction of sp³-hybridized carbons (Fsp3) is 0.591. The number of carbonyl (C=O) groups is 3. The van der Waals surface area contributed by atoms with Crippen molar-refractivity contribution in [2.75, 3.05) is 13.6 Å². The molecular formula is C22H32N4O3. The minimum atomic E-state index is -0.830. The molecule has 0 unspecified atom stereocenters. The minimum absolute atomic E-state index is 0.0884. The van der Waals surface area contributed by atoms with E-state index >= 15 is 0 Å². The molecule has 1 spiro atoms. The third-order valence-electron chi connectivity index (χ3n) is 5.79. The minimum Gasteiger partial charge on any atom is -0.322 e. The maximum Gasteiger partial charge on any atom is 0.344 e. The molecule has 0 bridgehead atoms. The summed E-state index contributed by atoms with van der Waals surface area (Å²) in [6.07, 6.45) is 4.15. The van der Waals surface area contributed by atoms with Crippen LogP contribution in [-0.4, -0.2) is 46.9 Å². The van der Waals surface area contributed by atoms with Crippen LogP contribution in [0.25, 0.3) is 0 Å². The number of hydrazine groups is 1. The van der Waals surface area contributed by atoms with E-state index in [-0.39, 0.29) is 23.8 Å². The Morgan fingerprint density at radius 3 is 2.34 bits per heavy atom. The van der Waals surface area contributed by atoms with Gasteiger partial charge >= 0.3 is 6.03 Å². The molecule has 29 heavy (non-hydrogen) atoms. The molecule has 158 valence electrons. The fourth-order valence-corrected chi connectivity index (χ4v) is 4.10. The summed E-state index contributed by atoms with van der Waals surface area (Å²) >= 11 is 0. The fourth-order valence-electron chi connectivity index (χ4n) is 4.10. The third kappa shape index (κ3) is 4.78. The van der Waals surface area contributed by atoms with Crippen LogP contribution in [0.15, 0.2) is 24.3 Å². The van der Waals surface area contributed by atoms with Gasteiger partial charge in [0.2, 0.25) is 0 Å². The van der Waals surface area contributed by atoms with Crippen LogP contribution in [0.1, 0.15) is 64.0 Å². The zero-order chi connectivity index (χ0) is 21.2. The van der Waals surface area contributed by atoms with Gasteiger partial charge in [-0.2, -0.15) is 5.01 Å². The van der Waals surface area contributed by atoms with Crippen molar-refractivity contribution < 1.29 is 14.4 Å². The summed E-state index contributed by atoms with van der Waals surface area (Å²) in [7, 11) is 1.84. The molecule has 1 aromatic carbocycles. The molecule has 3 rings (SSSR count). The van der Waals surface area contributed by atoms with Gasteiger partial charge in [0.25, 0.3) is 11.8 Å². The monoisotopic (exact) mass is 400 g/mol. The Morgan fingerprint density at radius 2 is 1.76 bits per heavy atom. The number of benzene rings is 1. The van der Waals surface area contributed by atoms with Crippen molar-refractivity contribution in [3.63, 3.8) is 0 Å². The molecule has 0 atom stereocenters. The standard InChI is InChI=1S/C22H32N4O3/c1-21(2,3)17-10-8-16(9-11-17)14-25(4)15-18(27)24-26-19(28)22(23-20(26)29)12-6-5-7-13-22/h8-11H,5-7,12-15H2,1-4H3,(H,23,29)(H,24,27). The highest BCUT2D eigenvalue weighted by atomic mass is 16.2. The molecule has 2 fully saturated rings. The number of nitrogens with zero attached hydrogens (tertiary/aromatic N) is 2. The summed E-state index contributed by atoms with van der Waals surface area (Å²) in [5, 5.41) is 3.65. The average Bonchev–Trinajstić information content (AvgIpc) is 2.86. The summed E-state index contributed by atoms with van der Waals surface area (Å²) < 4.78 is 0. The molecule has 1 aliphatic carbocycles. The zero-order valence-corrected chi connectivity index (χ0v) is 17.9. The van der Waals surface area contributed by atoms with E-state index in [0.717, 1.165) is 29.8 Å². The molecule has 2 aliphatic rings. The molecule has 7 nitrogen and oxygen atoms in total. The predicted octanol–water partition coefficient (Wildman–Crippen LogP) is 2.70. The number of amides is 4. The van der Waals surface area contributed by atoms with Gasteiger partial charge in [0, 0.05) is 6.54 Å². The number of urea groups is 1. The highest BCUT2D eigenvalue weighted by Gasteiger charge is 2.52. The summed E-state index contributed by atoms with van der Waals surface area (Å²) in [6, 6.07) is 7.82. The Kier molecular flexibility index (Phi) is 5.98. The number of hydrogen-bond acceptors (Lipinski definition) is 4. The molecule has 0 aromatic heterocycles. The van der Waals surface area contributed by atoms with E-state index in [2.05, 4.69) is 55.8 Å². The Balaban J connectivity index is 1.53. The second-order valence-electron chi connectivity index (χ2n) is 9.37. The van der Waals surface area contributed by atoms with E-state index in [4.69, 9.17) is 0 Å². The van der Waals surface area contributed by atoms with Crippen molar-refractivity contribution in [3.8, 4) is 0 Å². The van der Waals surface area contributed by atoms with Crippen LogP contribution in [0, 0.1) is 0 Å². The number of hydrogen-bond donors (Lipinski definition) is 2. The maximum absolute atomic E-state index is 12.7. The van der Waals surface area contributed by atoms with Gasteiger partial charge in [0.1, 0.15) is 5.54 Å². The Bertz CT molecular complexity index is 776. The lowest BCUT2D eigenvalue weighted by Gasteiger charge is -2.30. The first-order valence-corrected chi connectivity index (χ1v) is 10.3. The zero-order valence-electron chi connectivity index (χ0n) is 17.9. The quantitative estimate of drug-likeness (QED) is 0.745. The van der Waals surface area contributed by atoms with E-state index < -0.39 is 11.6 Å². The summed E-state index contributed by atoms with van der Waals surface area (Å²) in [6.45, 7) is 7.20. The Labute approximate surface area is 172 Å². The smallest absolute Gasteiger partial charge is 0.322 e. The van der Waals surface area contributed by atoms with E-state index in [0.29, 0.717) is 19.4 Å². The Hall–Kier alpha value is -2.41. The van der Waals surface area contributed by atoms with Crippen molar-refractivity contribution in [1.29, 1.82) is 0 Å². The average molecular weight is 401 g/mol. The summed E-state index contributed by atoms with van der Waals surface area (Å²) in [4.78, 5) is 39.3. The summed E-state index contributed by atoms with van der Waals surface area (Å²) in [5.41, 5.74) is 4.12. The molecule has 1 aliphatic heterocycles. The normalized spacial score (nSPS) is 19.0. The topological polar surface area (TPSA) is 81.8 Å². The second-order valence-corrected chi connectivity index (χ2v) is 9.37.